The van der Waals surface area contributed by atoms with E-state index < -0.39 is 6.04 Å². The van der Waals surface area contributed by atoms with Gasteiger partial charge in [-0.3, -0.25) is 9.59 Å². The fourth-order valence-electron chi connectivity index (χ4n) is 3.76. The molecule has 0 aliphatic heterocycles. The number of benzene rings is 2. The summed E-state index contributed by atoms with van der Waals surface area (Å²) in [6.45, 7) is 12.4. The quantitative estimate of drug-likeness (QED) is 0.499. The number of hydrogen-bond acceptors (Lipinski definition) is 4. The van der Waals surface area contributed by atoms with E-state index >= 15 is 0 Å². The first-order valence-corrected chi connectivity index (χ1v) is 12.1. The van der Waals surface area contributed by atoms with Crippen molar-refractivity contribution in [1.82, 2.24) is 10.2 Å². The molecule has 0 spiro atoms. The van der Waals surface area contributed by atoms with Gasteiger partial charge in [0.2, 0.25) is 5.91 Å². The van der Waals surface area contributed by atoms with Crippen LogP contribution in [0.5, 0.6) is 11.5 Å². The number of ether oxygens (including phenoxy) is 2. The van der Waals surface area contributed by atoms with Crippen LogP contribution in [0, 0.1) is 0 Å². The van der Waals surface area contributed by atoms with E-state index in [0.717, 1.165) is 17.5 Å². The Morgan fingerprint density at radius 3 is 2.35 bits per heavy atom. The van der Waals surface area contributed by atoms with Gasteiger partial charge < -0.3 is 19.7 Å². The van der Waals surface area contributed by atoms with E-state index in [9.17, 15) is 9.59 Å². The van der Waals surface area contributed by atoms with Crippen molar-refractivity contribution in [3.63, 3.8) is 0 Å². The topological polar surface area (TPSA) is 67.9 Å². The van der Waals surface area contributed by atoms with E-state index in [4.69, 9.17) is 9.47 Å². The molecule has 0 saturated heterocycles. The molecule has 0 aromatic heterocycles. The van der Waals surface area contributed by atoms with Gasteiger partial charge in [-0.2, -0.15) is 0 Å². The van der Waals surface area contributed by atoms with Crippen LogP contribution in [0.2, 0.25) is 0 Å². The van der Waals surface area contributed by atoms with E-state index in [-0.39, 0.29) is 36.4 Å². The Morgan fingerprint density at radius 2 is 1.74 bits per heavy atom. The normalized spacial score (nSPS) is 13.0. The summed E-state index contributed by atoms with van der Waals surface area (Å²) >= 11 is 0. The number of nitrogens with one attached hydrogen (secondary N) is 1. The number of carbonyl (C=O) groups excluding carboxylic acids is 2. The van der Waals surface area contributed by atoms with Crippen LogP contribution in [-0.2, 0) is 21.5 Å². The number of para-hydroxylation sites is 1. The summed E-state index contributed by atoms with van der Waals surface area (Å²) in [6, 6.07) is 14.7. The third-order valence-electron chi connectivity index (χ3n) is 5.92. The van der Waals surface area contributed by atoms with E-state index in [1.54, 1.807) is 12.0 Å². The first kappa shape index (κ1) is 27.2. The highest BCUT2D eigenvalue weighted by molar-refractivity contribution is 5.88. The van der Waals surface area contributed by atoms with Crippen molar-refractivity contribution in [3.8, 4) is 11.5 Å². The van der Waals surface area contributed by atoms with Gasteiger partial charge in [0.05, 0.1) is 7.11 Å². The molecule has 0 unspecified atom stereocenters. The molecule has 0 aliphatic rings. The van der Waals surface area contributed by atoms with Crippen molar-refractivity contribution in [2.75, 3.05) is 13.7 Å². The van der Waals surface area contributed by atoms with E-state index in [2.05, 4.69) is 26.1 Å². The molecule has 2 amide bonds. The fourth-order valence-corrected chi connectivity index (χ4v) is 3.76. The minimum absolute atomic E-state index is 0.0326. The zero-order valence-corrected chi connectivity index (χ0v) is 21.7. The minimum Gasteiger partial charge on any atom is -0.497 e. The number of nitrogens with zero attached hydrogens (tertiary/aromatic N) is 1. The Morgan fingerprint density at radius 1 is 1.03 bits per heavy atom. The van der Waals surface area contributed by atoms with Crippen molar-refractivity contribution >= 4 is 11.8 Å². The zero-order valence-electron chi connectivity index (χ0n) is 21.7. The molecule has 2 aromatic rings. The maximum absolute atomic E-state index is 13.5. The van der Waals surface area contributed by atoms with Gasteiger partial charge in [-0.1, -0.05) is 65.0 Å². The lowest BCUT2D eigenvalue weighted by molar-refractivity contribution is -0.143. The monoisotopic (exact) mass is 468 g/mol. The molecule has 0 heterocycles. The molecule has 2 rings (SSSR count). The van der Waals surface area contributed by atoms with E-state index in [0.29, 0.717) is 17.9 Å². The van der Waals surface area contributed by atoms with Gasteiger partial charge in [0, 0.05) is 12.6 Å². The first-order valence-electron chi connectivity index (χ1n) is 12.1. The highest BCUT2D eigenvalue weighted by atomic mass is 16.5. The van der Waals surface area contributed by atoms with Crippen LogP contribution < -0.4 is 14.8 Å². The third-order valence-corrected chi connectivity index (χ3v) is 5.92. The largest absolute Gasteiger partial charge is 0.497 e. The fraction of sp³-hybridized carbons (Fsp3) is 0.500. The van der Waals surface area contributed by atoms with Crippen molar-refractivity contribution in [2.24, 2.45) is 0 Å². The summed E-state index contributed by atoms with van der Waals surface area (Å²) in [4.78, 5) is 28.2. The van der Waals surface area contributed by atoms with E-state index in [1.807, 2.05) is 69.3 Å². The average molecular weight is 469 g/mol. The molecule has 0 aliphatic carbocycles. The Labute approximate surface area is 204 Å². The van der Waals surface area contributed by atoms with Crippen molar-refractivity contribution in [3.05, 3.63) is 59.7 Å². The zero-order chi connectivity index (χ0) is 25.3. The Bertz CT molecular complexity index is 951. The molecule has 0 radical (unpaired) electrons. The van der Waals surface area contributed by atoms with Crippen LogP contribution in [0.25, 0.3) is 0 Å². The molecule has 186 valence electrons. The van der Waals surface area contributed by atoms with Gasteiger partial charge in [0.25, 0.3) is 5.91 Å². The first-order chi connectivity index (χ1) is 16.1. The summed E-state index contributed by atoms with van der Waals surface area (Å²) in [5.41, 5.74) is 1.79. The summed E-state index contributed by atoms with van der Waals surface area (Å²) in [7, 11) is 1.61. The molecular formula is C28H40N2O4. The summed E-state index contributed by atoms with van der Waals surface area (Å²) in [6.07, 6.45) is 1.31. The molecule has 0 saturated carbocycles. The summed E-state index contributed by atoms with van der Waals surface area (Å²) in [5, 5.41) is 3.03. The Kier molecular flexibility index (Phi) is 9.97. The van der Waals surface area contributed by atoms with Gasteiger partial charge in [-0.15, -0.1) is 0 Å². The smallest absolute Gasteiger partial charge is 0.261 e. The Balaban J connectivity index is 2.30. The predicted molar refractivity (Wildman–Crippen MR) is 136 cm³/mol. The van der Waals surface area contributed by atoms with Gasteiger partial charge in [0.1, 0.15) is 17.5 Å². The van der Waals surface area contributed by atoms with Gasteiger partial charge in [-0.25, -0.2) is 0 Å². The van der Waals surface area contributed by atoms with Crippen molar-refractivity contribution in [2.45, 2.75) is 78.4 Å². The molecular weight excluding hydrogens is 428 g/mol. The minimum atomic E-state index is -0.603. The van der Waals surface area contributed by atoms with Gasteiger partial charge in [-0.05, 0) is 54.5 Å². The lowest BCUT2D eigenvalue weighted by Gasteiger charge is -2.31. The van der Waals surface area contributed by atoms with Crippen molar-refractivity contribution in [1.29, 1.82) is 0 Å². The third kappa shape index (κ3) is 7.51. The second-order valence-electron chi connectivity index (χ2n) is 9.65. The summed E-state index contributed by atoms with van der Waals surface area (Å²) in [5.74, 6) is 1.00. The van der Waals surface area contributed by atoms with Crippen molar-refractivity contribution < 1.29 is 19.1 Å². The molecule has 2 aromatic carbocycles. The van der Waals surface area contributed by atoms with Crippen LogP contribution in [0.15, 0.2) is 48.5 Å². The highest BCUT2D eigenvalue weighted by Gasteiger charge is 2.30. The number of hydrogen-bond donors (Lipinski definition) is 1. The lowest BCUT2D eigenvalue weighted by atomic mass is 9.86. The molecule has 1 N–H and O–H groups in total. The Hall–Kier alpha value is -3.02. The molecule has 0 bridgehead atoms. The number of amides is 2. The molecule has 6 nitrogen and oxygen atoms in total. The number of rotatable bonds is 11. The number of carbonyl (C=O) groups is 2. The lowest BCUT2D eigenvalue weighted by Crippen LogP contribution is -2.51. The van der Waals surface area contributed by atoms with Crippen LogP contribution in [0.3, 0.4) is 0 Å². The molecule has 2 atom stereocenters. The maximum Gasteiger partial charge on any atom is 0.261 e. The number of methoxy groups -OCH3 is 1. The van der Waals surface area contributed by atoms with E-state index in [1.165, 1.54) is 0 Å². The van der Waals surface area contributed by atoms with Gasteiger partial charge >= 0.3 is 0 Å². The van der Waals surface area contributed by atoms with Crippen LogP contribution in [-0.4, -0.2) is 42.5 Å². The van der Waals surface area contributed by atoms with Crippen LogP contribution in [0.1, 0.15) is 65.5 Å². The molecule has 0 fully saturated rings. The standard InChI is InChI=1S/C28H40N2O4/c1-8-20(3)29-27(32)24(9-2)30(18-21-13-12-14-22(17-21)33-7)26(31)19-34-25-16-11-10-15-23(25)28(4,5)6/h10-17,20,24H,8-9,18-19H2,1-7H3,(H,29,32)/t20-,24+/m1/s1. The molecule has 34 heavy (non-hydrogen) atoms. The second-order valence-corrected chi connectivity index (χ2v) is 9.65. The van der Waals surface area contributed by atoms with Crippen LogP contribution in [0.4, 0.5) is 0 Å². The molecule has 6 heteroatoms. The predicted octanol–water partition coefficient (Wildman–Crippen LogP) is 5.09. The summed E-state index contributed by atoms with van der Waals surface area (Å²) < 4.78 is 11.4. The average Bonchev–Trinajstić information content (AvgIpc) is 2.81. The van der Waals surface area contributed by atoms with Crippen LogP contribution >= 0.6 is 0 Å². The second kappa shape index (κ2) is 12.4. The SMILES string of the molecule is CC[C@@H](C)NC(=O)[C@H](CC)N(Cc1cccc(OC)c1)C(=O)COc1ccccc1C(C)(C)C. The highest BCUT2D eigenvalue weighted by Crippen LogP contribution is 2.31. The maximum atomic E-state index is 13.5. The van der Waals surface area contributed by atoms with Gasteiger partial charge in [0.15, 0.2) is 6.61 Å².